The molecule has 1 fully saturated rings. The number of rotatable bonds is 10. The summed E-state index contributed by atoms with van der Waals surface area (Å²) in [6.45, 7) is 6.48. The maximum atomic E-state index is 15.9. The summed E-state index contributed by atoms with van der Waals surface area (Å²) in [6, 6.07) is 13.2. The van der Waals surface area contributed by atoms with E-state index in [1.165, 1.54) is 56.5 Å². The summed E-state index contributed by atoms with van der Waals surface area (Å²) in [5.41, 5.74) is -2.06. The molecule has 0 radical (unpaired) electrons. The zero-order valence-corrected chi connectivity index (χ0v) is 29.9. The van der Waals surface area contributed by atoms with E-state index in [-0.39, 0.29) is 37.1 Å². The molecule has 13 heteroatoms. The van der Waals surface area contributed by atoms with Crippen LogP contribution in [0.15, 0.2) is 54.6 Å². The van der Waals surface area contributed by atoms with Gasteiger partial charge in [-0.25, -0.2) is 0 Å². The Labute approximate surface area is 288 Å². The molecule has 3 aromatic rings. The van der Waals surface area contributed by atoms with Gasteiger partial charge in [0, 0.05) is 0 Å². The SMILES string of the molecule is COc1cc(C(=O)OCOC(C)=O)ccc1[AsH]C(=O)[C@@H]1N[C@@H](CC(C)(C)C)[C@](C#N)(c2ccc(Cl)cc2F)[C@H]1c1cccc(Cl)c1F. The van der Waals surface area contributed by atoms with Crippen molar-refractivity contribution in [3.05, 3.63) is 93.0 Å². The number of nitrogens with one attached hydrogen (secondary N) is 1. The van der Waals surface area contributed by atoms with Crippen molar-refractivity contribution < 1.29 is 37.4 Å². The Kier molecular flexibility index (Phi) is 11.4. The quantitative estimate of drug-likeness (QED) is 0.163. The molecule has 5 atom stereocenters. The van der Waals surface area contributed by atoms with Crippen molar-refractivity contribution in [2.24, 2.45) is 5.41 Å². The Morgan fingerprint density at radius 1 is 1.06 bits per heavy atom. The van der Waals surface area contributed by atoms with Crippen LogP contribution in [0.4, 0.5) is 8.78 Å². The van der Waals surface area contributed by atoms with Crippen LogP contribution in [0.1, 0.15) is 61.5 Å². The fourth-order valence-electron chi connectivity index (χ4n) is 5.94. The minimum atomic E-state index is -1.76. The number of benzene rings is 3. The van der Waals surface area contributed by atoms with Gasteiger partial charge in [0.2, 0.25) is 0 Å². The Morgan fingerprint density at radius 2 is 1.79 bits per heavy atom. The molecule has 248 valence electrons. The molecule has 47 heavy (non-hydrogen) atoms. The van der Waals surface area contributed by atoms with E-state index in [2.05, 4.69) is 16.1 Å². The Hall–Kier alpha value is -3.48. The van der Waals surface area contributed by atoms with Crippen molar-refractivity contribution in [1.82, 2.24) is 5.32 Å². The Bertz CT molecular complexity index is 1740. The topological polar surface area (TPSA) is 115 Å². The number of hydrogen-bond donors (Lipinski definition) is 1. The summed E-state index contributed by atoms with van der Waals surface area (Å²) in [7, 11) is 1.38. The predicted molar refractivity (Wildman–Crippen MR) is 174 cm³/mol. The van der Waals surface area contributed by atoms with Gasteiger partial charge >= 0.3 is 289 Å². The number of carbonyl (C=O) groups is 3. The summed E-state index contributed by atoms with van der Waals surface area (Å²) in [4.78, 5) is 37.9. The fourth-order valence-corrected chi connectivity index (χ4v) is 8.66. The van der Waals surface area contributed by atoms with Gasteiger partial charge in [-0.3, -0.25) is 0 Å². The van der Waals surface area contributed by atoms with Crippen LogP contribution in [0.2, 0.25) is 10.0 Å². The molecule has 4 rings (SSSR count). The molecule has 3 aromatic carbocycles. The van der Waals surface area contributed by atoms with Crippen LogP contribution in [-0.2, 0) is 24.5 Å². The number of esters is 2. The van der Waals surface area contributed by atoms with Crippen molar-refractivity contribution in [2.45, 2.75) is 57.5 Å². The molecule has 0 spiro atoms. The average Bonchev–Trinajstić information content (AvgIpc) is 3.31. The second-order valence-corrected chi connectivity index (χ2v) is 15.8. The van der Waals surface area contributed by atoms with Crippen LogP contribution < -0.4 is 14.4 Å². The fraction of sp³-hybridized carbons (Fsp3) is 0.353. The van der Waals surface area contributed by atoms with E-state index in [0.29, 0.717) is 10.8 Å². The first kappa shape index (κ1) is 36.4. The van der Waals surface area contributed by atoms with Crippen molar-refractivity contribution in [3.63, 3.8) is 0 Å². The molecule has 0 aromatic heterocycles. The molecule has 0 amide bonds. The third kappa shape index (κ3) is 7.81. The summed E-state index contributed by atoms with van der Waals surface area (Å²) in [5.74, 6) is -3.90. The molecule has 1 saturated heterocycles. The van der Waals surface area contributed by atoms with Crippen LogP contribution in [0.3, 0.4) is 0 Å². The molecule has 1 unspecified atom stereocenters. The van der Waals surface area contributed by atoms with Gasteiger partial charge in [-0.15, -0.1) is 0 Å². The molecule has 1 aliphatic heterocycles. The van der Waals surface area contributed by atoms with Gasteiger partial charge in [0.1, 0.15) is 0 Å². The normalized spacial score (nSPS) is 21.0. The van der Waals surface area contributed by atoms with Crippen LogP contribution in [0.25, 0.3) is 0 Å². The number of halogens is 4. The van der Waals surface area contributed by atoms with Crippen molar-refractivity contribution in [1.29, 1.82) is 5.26 Å². The third-order valence-corrected chi connectivity index (χ3v) is 11.0. The second-order valence-electron chi connectivity index (χ2n) is 12.3. The van der Waals surface area contributed by atoms with Crippen molar-refractivity contribution in [2.75, 3.05) is 13.9 Å². The number of hydrogen-bond acceptors (Lipinski definition) is 8. The van der Waals surface area contributed by atoms with Gasteiger partial charge in [-0.05, 0) is 0 Å². The number of methoxy groups -OCH3 is 1. The molecule has 0 saturated carbocycles. The first-order valence-electron chi connectivity index (χ1n) is 14.5. The first-order chi connectivity index (χ1) is 22.1. The second kappa shape index (κ2) is 14.7. The van der Waals surface area contributed by atoms with E-state index in [0.717, 1.165) is 6.07 Å². The van der Waals surface area contributed by atoms with E-state index < -0.39 is 74.9 Å². The van der Waals surface area contributed by atoms with Gasteiger partial charge in [-0.2, -0.15) is 0 Å². The number of ether oxygens (including phenoxy) is 3. The van der Waals surface area contributed by atoms with E-state index in [1.807, 2.05) is 20.8 Å². The van der Waals surface area contributed by atoms with Crippen LogP contribution in [0.5, 0.6) is 5.75 Å². The summed E-state index contributed by atoms with van der Waals surface area (Å²) in [6.07, 6.45) is 0.332. The molecule has 1 heterocycles. The van der Waals surface area contributed by atoms with Crippen LogP contribution in [0, 0.1) is 28.4 Å². The van der Waals surface area contributed by atoms with Gasteiger partial charge in [-0.1, -0.05) is 0 Å². The van der Waals surface area contributed by atoms with Gasteiger partial charge in [0.05, 0.1) is 0 Å². The van der Waals surface area contributed by atoms with Crippen molar-refractivity contribution >= 4 is 59.8 Å². The average molecular weight is 749 g/mol. The molecule has 0 aliphatic carbocycles. The molecule has 1 N–H and O–H groups in total. The van der Waals surface area contributed by atoms with Gasteiger partial charge in [0.25, 0.3) is 0 Å². The van der Waals surface area contributed by atoms with Gasteiger partial charge in [0.15, 0.2) is 0 Å². The van der Waals surface area contributed by atoms with E-state index in [1.54, 1.807) is 6.07 Å². The number of nitriles is 1. The van der Waals surface area contributed by atoms with E-state index in [4.69, 9.17) is 32.7 Å². The number of carbonyl (C=O) groups excluding carboxylic acids is 3. The monoisotopic (exact) mass is 748 g/mol. The van der Waals surface area contributed by atoms with E-state index in [9.17, 15) is 19.6 Å². The molecular formula is C34H33AsCl2F2N2O6. The molecule has 8 nitrogen and oxygen atoms in total. The van der Waals surface area contributed by atoms with Crippen LogP contribution >= 0.6 is 23.2 Å². The maximum absolute atomic E-state index is 15.9. The van der Waals surface area contributed by atoms with Crippen molar-refractivity contribution in [3.8, 4) is 11.8 Å². The minimum absolute atomic E-state index is 0.0000902. The van der Waals surface area contributed by atoms with Gasteiger partial charge < -0.3 is 0 Å². The molecule has 0 bridgehead atoms. The zero-order valence-electron chi connectivity index (χ0n) is 26.3. The molecular weight excluding hydrogens is 716 g/mol. The standard InChI is InChI=1S/C34H33AsCl2F2N2O6/c1-18(42)46-17-47-32(44)19-9-12-23(26(13-19)45-5)35-31(43)30-28(21-7-6-8-24(37)29(21)39)34(16-40,27(41-30)15-33(2,3)4)22-11-10-20(36)14-25(22)38/h6-14,27-28,30,35,41H,15,17H2,1-5H3/t27-,28-,30+,34-/m0/s1. The molecule has 1 aliphatic rings. The summed E-state index contributed by atoms with van der Waals surface area (Å²) >= 11 is 10.6. The van der Waals surface area contributed by atoms with E-state index >= 15 is 8.78 Å². The summed E-state index contributed by atoms with van der Waals surface area (Å²) < 4.78 is 47.1. The predicted octanol–water partition coefficient (Wildman–Crippen LogP) is 5.57. The first-order valence-corrected chi connectivity index (χ1v) is 17.3. The summed E-state index contributed by atoms with van der Waals surface area (Å²) in [5, 5.41) is 14.3. The zero-order chi connectivity index (χ0) is 34.7. The number of nitrogens with zero attached hydrogens (tertiary/aromatic N) is 1. The van der Waals surface area contributed by atoms with Crippen LogP contribution in [-0.4, -0.2) is 58.2 Å². The third-order valence-electron chi connectivity index (χ3n) is 7.88. The Morgan fingerprint density at radius 3 is 2.40 bits per heavy atom. The Balaban J connectivity index is 1.83.